The summed E-state index contributed by atoms with van der Waals surface area (Å²) in [5, 5.41) is 13.5. The standard InChI is InChI=1S/C20H18FN3O4/c1-2-17(19(26)24-16-9-5-14(21)6-10-16)28-20(27)13-3-7-15(8-4-13)23-18(25)11-12-22/h3-10,17H,2,11H2,1H3,(H,23,25)(H,24,26)/t17-/m1/s1. The lowest BCUT2D eigenvalue weighted by atomic mass is 10.2. The van der Waals surface area contributed by atoms with Crippen molar-refractivity contribution < 1.29 is 23.5 Å². The van der Waals surface area contributed by atoms with Crippen molar-refractivity contribution in [3.63, 3.8) is 0 Å². The molecule has 2 N–H and O–H groups in total. The average Bonchev–Trinajstić information content (AvgIpc) is 2.68. The fourth-order valence-electron chi connectivity index (χ4n) is 2.24. The van der Waals surface area contributed by atoms with Gasteiger partial charge in [-0.1, -0.05) is 6.92 Å². The first-order chi connectivity index (χ1) is 13.4. The number of rotatable bonds is 7. The molecule has 8 heteroatoms. The lowest BCUT2D eigenvalue weighted by Crippen LogP contribution is -2.32. The Morgan fingerprint density at radius 2 is 1.61 bits per heavy atom. The van der Waals surface area contributed by atoms with E-state index in [9.17, 15) is 18.8 Å². The Balaban J connectivity index is 1.97. The number of nitrogens with zero attached hydrogens (tertiary/aromatic N) is 1. The zero-order valence-corrected chi connectivity index (χ0v) is 15.1. The number of hydrogen-bond acceptors (Lipinski definition) is 5. The van der Waals surface area contributed by atoms with Gasteiger partial charge in [0.05, 0.1) is 11.6 Å². The minimum absolute atomic E-state index is 0.200. The van der Waals surface area contributed by atoms with Crippen molar-refractivity contribution in [2.75, 3.05) is 10.6 Å². The van der Waals surface area contributed by atoms with E-state index in [-0.39, 0.29) is 18.4 Å². The number of nitriles is 1. The second-order valence-electron chi connectivity index (χ2n) is 5.76. The van der Waals surface area contributed by atoms with Crippen LogP contribution in [0.3, 0.4) is 0 Å². The Hall–Kier alpha value is -3.73. The SMILES string of the molecule is CC[C@@H](OC(=O)c1ccc(NC(=O)CC#N)cc1)C(=O)Nc1ccc(F)cc1. The molecular weight excluding hydrogens is 365 g/mol. The monoisotopic (exact) mass is 383 g/mol. The van der Waals surface area contributed by atoms with Gasteiger partial charge >= 0.3 is 5.97 Å². The van der Waals surface area contributed by atoms with Gasteiger partial charge in [-0.25, -0.2) is 9.18 Å². The second-order valence-corrected chi connectivity index (χ2v) is 5.76. The van der Waals surface area contributed by atoms with Crippen LogP contribution in [-0.2, 0) is 14.3 Å². The normalized spacial score (nSPS) is 11.0. The van der Waals surface area contributed by atoms with Crippen molar-refractivity contribution in [3.05, 3.63) is 59.9 Å². The molecule has 0 aliphatic rings. The van der Waals surface area contributed by atoms with Crippen molar-refractivity contribution in [2.45, 2.75) is 25.9 Å². The summed E-state index contributed by atoms with van der Waals surface area (Å²) in [6, 6.07) is 12.8. The van der Waals surface area contributed by atoms with Crippen molar-refractivity contribution in [3.8, 4) is 6.07 Å². The van der Waals surface area contributed by atoms with Gasteiger partial charge in [0.1, 0.15) is 12.2 Å². The van der Waals surface area contributed by atoms with Crippen LogP contribution in [0.5, 0.6) is 0 Å². The third kappa shape index (κ3) is 5.92. The van der Waals surface area contributed by atoms with Crippen molar-refractivity contribution >= 4 is 29.2 Å². The first-order valence-corrected chi connectivity index (χ1v) is 8.47. The summed E-state index contributed by atoms with van der Waals surface area (Å²) in [6.07, 6.45) is -1.04. The molecule has 0 bridgehead atoms. The van der Waals surface area contributed by atoms with E-state index in [2.05, 4.69) is 10.6 Å². The van der Waals surface area contributed by atoms with Crippen LogP contribution in [0.25, 0.3) is 0 Å². The number of esters is 1. The maximum Gasteiger partial charge on any atom is 0.338 e. The van der Waals surface area contributed by atoms with Gasteiger partial charge in [-0.2, -0.15) is 5.26 Å². The molecule has 0 radical (unpaired) electrons. The molecule has 0 saturated heterocycles. The van der Waals surface area contributed by atoms with E-state index in [1.807, 2.05) is 0 Å². The zero-order chi connectivity index (χ0) is 20.5. The number of carbonyl (C=O) groups is 3. The zero-order valence-electron chi connectivity index (χ0n) is 15.1. The van der Waals surface area contributed by atoms with E-state index < -0.39 is 29.7 Å². The van der Waals surface area contributed by atoms with E-state index in [0.29, 0.717) is 11.4 Å². The maximum atomic E-state index is 12.9. The van der Waals surface area contributed by atoms with Crippen LogP contribution in [0, 0.1) is 17.1 Å². The minimum atomic E-state index is -1.02. The van der Waals surface area contributed by atoms with E-state index >= 15 is 0 Å². The number of anilines is 2. The minimum Gasteiger partial charge on any atom is -0.449 e. The number of amides is 2. The van der Waals surface area contributed by atoms with Gasteiger partial charge < -0.3 is 15.4 Å². The van der Waals surface area contributed by atoms with Crippen LogP contribution in [0.2, 0.25) is 0 Å². The molecule has 0 aliphatic carbocycles. The molecule has 28 heavy (non-hydrogen) atoms. The topological polar surface area (TPSA) is 108 Å². The van der Waals surface area contributed by atoms with E-state index in [0.717, 1.165) is 0 Å². The lowest BCUT2D eigenvalue weighted by molar-refractivity contribution is -0.124. The third-order valence-electron chi connectivity index (χ3n) is 3.67. The van der Waals surface area contributed by atoms with Crippen LogP contribution in [-0.4, -0.2) is 23.9 Å². The van der Waals surface area contributed by atoms with E-state index in [1.165, 1.54) is 48.5 Å². The molecule has 7 nitrogen and oxygen atoms in total. The molecule has 144 valence electrons. The average molecular weight is 383 g/mol. The van der Waals surface area contributed by atoms with Gasteiger partial charge in [0.2, 0.25) is 5.91 Å². The van der Waals surface area contributed by atoms with E-state index in [4.69, 9.17) is 10.00 Å². The number of hydrogen-bond donors (Lipinski definition) is 2. The summed E-state index contributed by atoms with van der Waals surface area (Å²) in [5.74, 6) is -2.11. The molecular formula is C20H18FN3O4. The van der Waals surface area contributed by atoms with Gasteiger partial charge in [0.15, 0.2) is 6.10 Å². The molecule has 1 atom stereocenters. The van der Waals surface area contributed by atoms with Crippen LogP contribution in [0.4, 0.5) is 15.8 Å². The summed E-state index contributed by atoms with van der Waals surface area (Å²) in [6.45, 7) is 1.69. The summed E-state index contributed by atoms with van der Waals surface area (Å²) < 4.78 is 18.2. The molecule has 2 aromatic rings. The highest BCUT2D eigenvalue weighted by molar-refractivity contribution is 5.98. The van der Waals surface area contributed by atoms with Gasteiger partial charge in [-0.3, -0.25) is 9.59 Å². The highest BCUT2D eigenvalue weighted by atomic mass is 19.1. The lowest BCUT2D eigenvalue weighted by Gasteiger charge is -2.16. The fraction of sp³-hybridized carbons (Fsp3) is 0.200. The van der Waals surface area contributed by atoms with Crippen LogP contribution < -0.4 is 10.6 Å². The highest BCUT2D eigenvalue weighted by Crippen LogP contribution is 2.14. The molecule has 2 aromatic carbocycles. The fourth-order valence-corrected chi connectivity index (χ4v) is 2.24. The molecule has 0 saturated carbocycles. The number of carbonyl (C=O) groups excluding carboxylic acids is 3. The first kappa shape index (κ1) is 20.6. The van der Waals surface area contributed by atoms with Crippen molar-refractivity contribution in [1.29, 1.82) is 5.26 Å². The quantitative estimate of drug-likeness (QED) is 0.714. The van der Waals surface area contributed by atoms with Gasteiger partial charge in [0, 0.05) is 11.4 Å². The number of benzene rings is 2. The largest absolute Gasteiger partial charge is 0.449 e. The molecule has 0 aliphatic heterocycles. The summed E-state index contributed by atoms with van der Waals surface area (Å²) in [4.78, 5) is 35.9. The third-order valence-corrected chi connectivity index (χ3v) is 3.67. The summed E-state index contributed by atoms with van der Waals surface area (Å²) in [7, 11) is 0. The Bertz CT molecular complexity index is 889. The number of ether oxygens (including phenoxy) is 1. The Morgan fingerprint density at radius 1 is 1.04 bits per heavy atom. The van der Waals surface area contributed by atoms with Gasteiger partial charge in [-0.15, -0.1) is 0 Å². The van der Waals surface area contributed by atoms with Crippen molar-refractivity contribution in [1.82, 2.24) is 0 Å². The van der Waals surface area contributed by atoms with Crippen LogP contribution in [0.1, 0.15) is 30.1 Å². The van der Waals surface area contributed by atoms with Gasteiger partial charge in [-0.05, 0) is 55.0 Å². The number of halogens is 1. The maximum absolute atomic E-state index is 12.9. The Morgan fingerprint density at radius 3 is 2.18 bits per heavy atom. The predicted octanol–water partition coefficient (Wildman–Crippen LogP) is 3.25. The van der Waals surface area contributed by atoms with E-state index in [1.54, 1.807) is 13.0 Å². The molecule has 2 amide bonds. The molecule has 0 heterocycles. The smallest absolute Gasteiger partial charge is 0.338 e. The number of nitrogens with one attached hydrogen (secondary N) is 2. The molecule has 0 unspecified atom stereocenters. The molecule has 0 fully saturated rings. The van der Waals surface area contributed by atoms with Gasteiger partial charge in [0.25, 0.3) is 5.91 Å². The van der Waals surface area contributed by atoms with Crippen molar-refractivity contribution in [2.24, 2.45) is 0 Å². The molecule has 2 rings (SSSR count). The Kier molecular flexibility index (Phi) is 7.22. The summed E-state index contributed by atoms with van der Waals surface area (Å²) in [5.41, 5.74) is 1.02. The highest BCUT2D eigenvalue weighted by Gasteiger charge is 2.22. The second kappa shape index (κ2) is 9.83. The van der Waals surface area contributed by atoms with Crippen LogP contribution in [0.15, 0.2) is 48.5 Å². The summed E-state index contributed by atoms with van der Waals surface area (Å²) >= 11 is 0. The predicted molar refractivity (Wildman–Crippen MR) is 99.8 cm³/mol. The molecule has 0 spiro atoms. The van der Waals surface area contributed by atoms with Crippen LogP contribution >= 0.6 is 0 Å². The Labute approximate surface area is 161 Å². The first-order valence-electron chi connectivity index (χ1n) is 8.47. The molecule has 0 aromatic heterocycles.